The van der Waals surface area contributed by atoms with E-state index in [4.69, 9.17) is 17.2 Å². The second-order valence-electron chi connectivity index (χ2n) is 17.2. The number of carboxylic acids is 1. The van der Waals surface area contributed by atoms with E-state index in [9.17, 15) is 57.8 Å². The van der Waals surface area contributed by atoms with Gasteiger partial charge in [0.05, 0.1) is 12.4 Å². The SMILES string of the molecule is CC(C)C[C@H](NC(=O)[C@H](CS)NC(=O)[C@H](Cc1cnc[nH]1)NC(=O)[C@H](C)NC(=O)[C@H](CCC(N)=O)NC(=O)[C@H](CCC(N)=O)NC(=O)[C@H](C)NC(=O)[C@H](CCCCN)NC(=O)[C@@H]1CCCN1)C(=O)O. The van der Waals surface area contributed by atoms with Gasteiger partial charge in [0.25, 0.3) is 0 Å². The molecule has 386 valence electrons. The number of H-pyrrole nitrogens is 1. The molecule has 0 spiro atoms. The lowest BCUT2D eigenvalue weighted by Crippen LogP contribution is -2.60. The van der Waals surface area contributed by atoms with Crippen molar-refractivity contribution in [3.8, 4) is 0 Å². The third kappa shape index (κ3) is 21.7. The van der Waals surface area contributed by atoms with Gasteiger partial charge in [-0.25, -0.2) is 9.78 Å². The highest BCUT2D eigenvalue weighted by Gasteiger charge is 2.34. The van der Waals surface area contributed by atoms with Crippen LogP contribution in [0.25, 0.3) is 0 Å². The standard InChI is InChI=1S/C42H70N14O12S/c1-21(2)16-30(42(67)68)55-41(66)31(19-69)56-40(65)29(17-24-18-46-20-48-24)54-35(60)23(4)50-38(63)27(10-12-32(44)57)53-39(64)28(11-13-33(45)58)51-34(59)22(3)49-37(62)26(8-5-6-14-43)52-36(61)25-9-7-15-47-25/h18,20-23,25-31,47,69H,5-17,19,43H2,1-4H3,(H2,44,57)(H2,45,58)(H,46,48)(H,49,62)(H,50,63)(H,51,59)(H,52,61)(H,53,64)(H,54,60)(H,55,66)(H,56,65)(H,67,68)/t22-,23-,25-,26-,27-,28-,29-,30-,31-/m0/s1. The third-order valence-electron chi connectivity index (χ3n) is 10.8. The van der Waals surface area contributed by atoms with Crippen molar-refractivity contribution in [2.75, 3.05) is 18.8 Å². The van der Waals surface area contributed by atoms with Gasteiger partial charge in [0.15, 0.2) is 0 Å². The van der Waals surface area contributed by atoms with E-state index in [0.717, 1.165) is 6.42 Å². The number of carbonyl (C=O) groups is 11. The first-order valence-corrected chi connectivity index (χ1v) is 23.4. The van der Waals surface area contributed by atoms with Gasteiger partial charge in [-0.1, -0.05) is 13.8 Å². The van der Waals surface area contributed by atoms with Crippen LogP contribution in [-0.4, -0.2) is 153 Å². The molecule has 1 aromatic rings. The summed E-state index contributed by atoms with van der Waals surface area (Å²) < 4.78 is 0. The number of amides is 10. The first-order valence-electron chi connectivity index (χ1n) is 22.8. The van der Waals surface area contributed by atoms with Crippen molar-refractivity contribution >= 4 is 77.7 Å². The molecule has 1 aliphatic heterocycles. The molecule has 10 amide bonds. The summed E-state index contributed by atoms with van der Waals surface area (Å²) in [6.45, 7) is 7.12. The Hall–Kier alpha value is -6.35. The highest BCUT2D eigenvalue weighted by molar-refractivity contribution is 7.80. The Bertz CT molecular complexity index is 1930. The number of aromatic amines is 1. The topological polar surface area (TPSA) is 423 Å². The van der Waals surface area contributed by atoms with Gasteiger partial charge in [-0.05, 0) is 84.2 Å². The van der Waals surface area contributed by atoms with Crippen molar-refractivity contribution in [3.05, 3.63) is 18.2 Å². The molecular formula is C42H70N14O12S. The number of nitrogens with zero attached hydrogens (tertiary/aromatic N) is 1. The Labute approximate surface area is 405 Å². The van der Waals surface area contributed by atoms with Crippen molar-refractivity contribution in [3.63, 3.8) is 0 Å². The molecule has 9 atom stereocenters. The number of unbranched alkanes of at least 4 members (excludes halogenated alkanes) is 1. The highest BCUT2D eigenvalue weighted by atomic mass is 32.1. The molecular weight excluding hydrogens is 925 g/mol. The minimum atomic E-state index is -1.57. The zero-order valence-corrected chi connectivity index (χ0v) is 40.3. The van der Waals surface area contributed by atoms with E-state index in [0.29, 0.717) is 38.0 Å². The summed E-state index contributed by atoms with van der Waals surface area (Å²) in [6.07, 6.45) is 3.69. The van der Waals surface area contributed by atoms with Gasteiger partial charge < -0.3 is 75.1 Å². The van der Waals surface area contributed by atoms with Crippen LogP contribution in [0.2, 0.25) is 0 Å². The molecule has 1 aliphatic rings. The number of rotatable bonds is 32. The number of nitrogens with one attached hydrogen (secondary N) is 10. The Balaban J connectivity index is 2.23. The van der Waals surface area contributed by atoms with E-state index in [2.05, 4.69) is 70.4 Å². The van der Waals surface area contributed by atoms with Gasteiger partial charge >= 0.3 is 5.97 Å². The van der Waals surface area contributed by atoms with Crippen LogP contribution in [0.15, 0.2) is 12.5 Å². The molecule has 0 aromatic carbocycles. The van der Waals surface area contributed by atoms with Gasteiger partial charge in [-0.3, -0.25) is 47.9 Å². The normalized spacial score (nSPS) is 16.7. The Morgan fingerprint density at radius 2 is 1.14 bits per heavy atom. The molecule has 0 radical (unpaired) electrons. The van der Waals surface area contributed by atoms with Crippen LogP contribution in [0.5, 0.6) is 0 Å². The number of hydrogen-bond acceptors (Lipinski definition) is 15. The van der Waals surface area contributed by atoms with E-state index < -0.39 is 133 Å². The van der Waals surface area contributed by atoms with E-state index in [1.165, 1.54) is 26.4 Å². The summed E-state index contributed by atoms with van der Waals surface area (Å²) in [5, 5.41) is 32.5. The van der Waals surface area contributed by atoms with E-state index in [1.807, 2.05) is 0 Å². The molecule has 69 heavy (non-hydrogen) atoms. The van der Waals surface area contributed by atoms with Crippen molar-refractivity contribution in [1.29, 1.82) is 0 Å². The Kier molecular flexibility index (Phi) is 25.7. The molecule has 0 unspecified atom stereocenters. The van der Waals surface area contributed by atoms with Crippen molar-refractivity contribution in [2.24, 2.45) is 23.1 Å². The van der Waals surface area contributed by atoms with Crippen LogP contribution >= 0.6 is 12.6 Å². The maximum atomic E-state index is 13.8. The van der Waals surface area contributed by atoms with Crippen LogP contribution in [0.4, 0.5) is 0 Å². The summed E-state index contributed by atoms with van der Waals surface area (Å²) in [7, 11) is 0. The lowest BCUT2D eigenvalue weighted by atomic mass is 10.0. The van der Waals surface area contributed by atoms with Crippen LogP contribution in [-0.2, 0) is 59.2 Å². The summed E-state index contributed by atoms with van der Waals surface area (Å²) in [4.78, 5) is 150. The molecule has 2 rings (SSSR count). The van der Waals surface area contributed by atoms with Gasteiger partial charge in [0.2, 0.25) is 59.1 Å². The minimum Gasteiger partial charge on any atom is -0.480 e. The number of carbonyl (C=O) groups excluding carboxylic acids is 10. The number of imidazole rings is 1. The molecule has 0 saturated carbocycles. The van der Waals surface area contributed by atoms with Crippen LogP contribution in [0.3, 0.4) is 0 Å². The van der Waals surface area contributed by atoms with Crippen molar-refractivity contribution in [1.82, 2.24) is 57.8 Å². The fourth-order valence-corrected chi connectivity index (χ4v) is 7.19. The zero-order valence-electron chi connectivity index (χ0n) is 39.4. The van der Waals surface area contributed by atoms with E-state index >= 15 is 0 Å². The number of nitrogens with two attached hydrogens (primary N) is 3. The fourth-order valence-electron chi connectivity index (χ4n) is 6.94. The number of aromatic nitrogens is 2. The summed E-state index contributed by atoms with van der Waals surface area (Å²) in [5.74, 6) is -9.89. The minimum absolute atomic E-state index is 0.0888. The third-order valence-corrected chi connectivity index (χ3v) is 11.2. The summed E-state index contributed by atoms with van der Waals surface area (Å²) in [6, 6.07) is -11.3. The first kappa shape index (κ1) is 58.8. The smallest absolute Gasteiger partial charge is 0.326 e. The lowest BCUT2D eigenvalue weighted by Gasteiger charge is -2.26. The predicted molar refractivity (Wildman–Crippen MR) is 251 cm³/mol. The second kappa shape index (κ2) is 30.2. The average Bonchev–Trinajstić information content (AvgIpc) is 4.02. The van der Waals surface area contributed by atoms with Crippen LogP contribution in [0, 0.1) is 5.92 Å². The molecule has 2 heterocycles. The van der Waals surface area contributed by atoms with Crippen molar-refractivity contribution in [2.45, 2.75) is 153 Å². The molecule has 1 saturated heterocycles. The van der Waals surface area contributed by atoms with E-state index in [-0.39, 0.29) is 43.3 Å². The molecule has 1 fully saturated rings. The number of carboxylic acid groups (broad SMARTS) is 1. The number of hydrogen-bond donors (Lipinski definition) is 15. The lowest BCUT2D eigenvalue weighted by molar-refractivity contribution is -0.142. The number of aliphatic carboxylic acids is 1. The van der Waals surface area contributed by atoms with Crippen molar-refractivity contribution < 1.29 is 57.8 Å². The Morgan fingerprint density at radius 3 is 1.61 bits per heavy atom. The van der Waals surface area contributed by atoms with E-state index in [1.54, 1.807) is 13.8 Å². The average molecular weight is 995 g/mol. The molecule has 1 aromatic heterocycles. The molecule has 27 heteroatoms. The largest absolute Gasteiger partial charge is 0.480 e. The van der Waals surface area contributed by atoms with Gasteiger partial charge in [-0.15, -0.1) is 0 Å². The quantitative estimate of drug-likeness (QED) is 0.0238. The highest BCUT2D eigenvalue weighted by Crippen LogP contribution is 2.10. The molecule has 26 nitrogen and oxygen atoms in total. The molecule has 0 aliphatic carbocycles. The monoisotopic (exact) mass is 995 g/mol. The predicted octanol–water partition coefficient (Wildman–Crippen LogP) is -4.66. The number of primary amides is 2. The fraction of sp³-hybridized carbons (Fsp3) is 0.667. The summed E-state index contributed by atoms with van der Waals surface area (Å²) >= 11 is 4.15. The molecule has 17 N–H and O–H groups in total. The van der Waals surface area contributed by atoms with Crippen LogP contribution < -0.4 is 65.1 Å². The summed E-state index contributed by atoms with van der Waals surface area (Å²) in [5.41, 5.74) is 16.7. The second-order valence-corrected chi connectivity index (χ2v) is 17.6. The van der Waals surface area contributed by atoms with Gasteiger partial charge in [0, 0.05) is 36.9 Å². The maximum Gasteiger partial charge on any atom is 0.326 e. The first-order chi connectivity index (χ1) is 32.6. The molecule has 0 bridgehead atoms. The van der Waals surface area contributed by atoms with Gasteiger partial charge in [0.1, 0.15) is 48.3 Å². The Morgan fingerprint density at radius 1 is 0.667 bits per heavy atom. The van der Waals surface area contributed by atoms with Gasteiger partial charge in [-0.2, -0.15) is 12.6 Å². The maximum absolute atomic E-state index is 13.8. The number of thiol groups is 1. The zero-order chi connectivity index (χ0) is 51.8. The van der Waals surface area contributed by atoms with Crippen LogP contribution in [0.1, 0.15) is 97.6 Å².